The first-order valence-electron chi connectivity index (χ1n) is 5.75. The Hall–Kier alpha value is -1.68. The number of aromatic nitrogens is 2. The Balaban J connectivity index is 2.72. The lowest BCUT2D eigenvalue weighted by atomic mass is 10.1. The quantitative estimate of drug-likeness (QED) is 0.836. The molecular formula is C14H16N2OS. The number of H-pyrrole nitrogens is 1. The van der Waals surface area contributed by atoms with E-state index in [9.17, 15) is 0 Å². The summed E-state index contributed by atoms with van der Waals surface area (Å²) < 4.78 is 6.02. The van der Waals surface area contributed by atoms with Gasteiger partial charge in [-0.15, -0.1) is 0 Å². The molecule has 2 rings (SSSR count). The molecule has 0 unspecified atom stereocenters. The number of nitrogens with one attached hydrogen (secondary N) is 1. The maximum absolute atomic E-state index is 5.38. The number of hydrogen-bond donors (Lipinski definition) is 1. The fourth-order valence-corrected chi connectivity index (χ4v) is 2.12. The van der Waals surface area contributed by atoms with Crippen molar-refractivity contribution in [2.45, 2.75) is 20.8 Å². The summed E-state index contributed by atoms with van der Waals surface area (Å²) >= 11 is 5.36. The zero-order valence-electron chi connectivity index (χ0n) is 11.0. The van der Waals surface area contributed by atoms with Crippen LogP contribution in [-0.2, 0) is 0 Å². The molecule has 1 aromatic carbocycles. The van der Waals surface area contributed by atoms with Gasteiger partial charge in [-0.25, -0.2) is 4.98 Å². The van der Waals surface area contributed by atoms with Crippen molar-refractivity contribution in [2.75, 3.05) is 7.11 Å². The first-order chi connectivity index (χ1) is 8.52. The summed E-state index contributed by atoms with van der Waals surface area (Å²) in [7, 11) is 1.65. The molecule has 1 N–H and O–H groups in total. The van der Waals surface area contributed by atoms with Gasteiger partial charge < -0.3 is 9.72 Å². The molecule has 0 fully saturated rings. The summed E-state index contributed by atoms with van der Waals surface area (Å²) in [4.78, 5) is 7.75. The lowest BCUT2D eigenvalue weighted by Crippen LogP contribution is -1.98. The molecule has 0 amide bonds. The smallest absolute Gasteiger partial charge is 0.130 e. The Morgan fingerprint density at radius 3 is 2.61 bits per heavy atom. The molecule has 1 aromatic heterocycles. The van der Waals surface area contributed by atoms with Crippen LogP contribution in [0.25, 0.3) is 11.3 Å². The van der Waals surface area contributed by atoms with Gasteiger partial charge in [0.25, 0.3) is 0 Å². The highest BCUT2D eigenvalue weighted by molar-refractivity contribution is 7.71. The van der Waals surface area contributed by atoms with E-state index in [1.165, 1.54) is 0 Å². The standard InChI is InChI=1S/C14H16N2OS/c1-8-5-6-12(17-4)11(7-8)13-14(18)16-10(3)9(2)15-13/h5-7H,1-4H3,(H,16,18). The topological polar surface area (TPSA) is 37.9 Å². The van der Waals surface area contributed by atoms with Crippen molar-refractivity contribution in [2.24, 2.45) is 0 Å². The van der Waals surface area contributed by atoms with E-state index in [4.69, 9.17) is 17.0 Å². The van der Waals surface area contributed by atoms with Crippen LogP contribution in [0.2, 0.25) is 0 Å². The predicted molar refractivity (Wildman–Crippen MR) is 75.6 cm³/mol. The van der Waals surface area contributed by atoms with Crippen molar-refractivity contribution in [3.05, 3.63) is 39.8 Å². The van der Waals surface area contributed by atoms with Gasteiger partial charge in [0, 0.05) is 11.3 Å². The lowest BCUT2D eigenvalue weighted by molar-refractivity contribution is 0.416. The number of hydrogen-bond acceptors (Lipinski definition) is 3. The molecule has 0 saturated heterocycles. The Bertz CT molecular complexity index is 647. The zero-order chi connectivity index (χ0) is 13.3. The lowest BCUT2D eigenvalue weighted by Gasteiger charge is -2.10. The molecule has 0 saturated carbocycles. The summed E-state index contributed by atoms with van der Waals surface area (Å²) in [6.45, 7) is 5.97. The van der Waals surface area contributed by atoms with E-state index >= 15 is 0 Å². The molecule has 0 spiro atoms. The van der Waals surface area contributed by atoms with Crippen molar-refractivity contribution in [3.63, 3.8) is 0 Å². The molecule has 0 aliphatic heterocycles. The second-order valence-corrected chi connectivity index (χ2v) is 4.74. The van der Waals surface area contributed by atoms with Crippen LogP contribution < -0.4 is 4.74 Å². The molecule has 94 valence electrons. The molecule has 0 aliphatic carbocycles. The number of aryl methyl sites for hydroxylation is 3. The number of nitrogens with zero attached hydrogens (tertiary/aromatic N) is 1. The third kappa shape index (κ3) is 2.29. The minimum absolute atomic E-state index is 0.641. The Labute approximate surface area is 112 Å². The van der Waals surface area contributed by atoms with Crippen LogP contribution in [0.3, 0.4) is 0 Å². The average molecular weight is 260 g/mol. The van der Waals surface area contributed by atoms with Gasteiger partial charge in [0.1, 0.15) is 16.1 Å². The van der Waals surface area contributed by atoms with Crippen molar-refractivity contribution in [3.8, 4) is 17.0 Å². The Kier molecular flexibility index (Phi) is 3.48. The van der Waals surface area contributed by atoms with Gasteiger partial charge in [0.2, 0.25) is 0 Å². The molecule has 3 nitrogen and oxygen atoms in total. The zero-order valence-corrected chi connectivity index (χ0v) is 11.8. The van der Waals surface area contributed by atoms with Crippen LogP contribution >= 0.6 is 12.2 Å². The highest BCUT2D eigenvalue weighted by atomic mass is 32.1. The number of aromatic amines is 1. The molecule has 18 heavy (non-hydrogen) atoms. The third-order valence-electron chi connectivity index (χ3n) is 2.95. The first-order valence-corrected chi connectivity index (χ1v) is 6.16. The highest BCUT2D eigenvalue weighted by Gasteiger charge is 2.11. The molecule has 2 aromatic rings. The maximum Gasteiger partial charge on any atom is 0.130 e. The monoisotopic (exact) mass is 260 g/mol. The maximum atomic E-state index is 5.38. The summed E-state index contributed by atoms with van der Waals surface area (Å²) in [6.07, 6.45) is 0. The van der Waals surface area contributed by atoms with Crippen molar-refractivity contribution in [1.82, 2.24) is 9.97 Å². The van der Waals surface area contributed by atoms with Gasteiger partial charge in [-0.1, -0.05) is 23.8 Å². The van der Waals surface area contributed by atoms with Crippen molar-refractivity contribution < 1.29 is 4.74 Å². The van der Waals surface area contributed by atoms with Crippen molar-refractivity contribution in [1.29, 1.82) is 0 Å². The summed E-state index contributed by atoms with van der Waals surface area (Å²) in [5.74, 6) is 0.788. The van der Waals surface area contributed by atoms with Crippen LogP contribution in [-0.4, -0.2) is 17.1 Å². The summed E-state index contributed by atoms with van der Waals surface area (Å²) in [5, 5.41) is 0. The second kappa shape index (κ2) is 4.90. The van der Waals surface area contributed by atoms with Gasteiger partial charge in [-0.3, -0.25) is 0 Å². The van der Waals surface area contributed by atoms with Gasteiger partial charge in [0.05, 0.1) is 12.8 Å². The molecule has 1 heterocycles. The van der Waals surface area contributed by atoms with E-state index in [0.717, 1.165) is 34.0 Å². The predicted octanol–water partition coefficient (Wildman–Crippen LogP) is 3.74. The normalized spacial score (nSPS) is 10.4. The number of methoxy groups -OCH3 is 1. The van der Waals surface area contributed by atoms with Crippen LogP contribution in [0.15, 0.2) is 18.2 Å². The van der Waals surface area contributed by atoms with Crippen LogP contribution in [0.4, 0.5) is 0 Å². The molecule has 0 atom stereocenters. The third-order valence-corrected chi connectivity index (χ3v) is 3.24. The minimum atomic E-state index is 0.641. The molecule has 0 radical (unpaired) electrons. The van der Waals surface area contributed by atoms with Crippen LogP contribution in [0.1, 0.15) is 17.0 Å². The Morgan fingerprint density at radius 2 is 1.94 bits per heavy atom. The molecule has 4 heteroatoms. The van der Waals surface area contributed by atoms with Gasteiger partial charge in [-0.05, 0) is 32.9 Å². The van der Waals surface area contributed by atoms with E-state index in [-0.39, 0.29) is 0 Å². The fraction of sp³-hybridized carbons (Fsp3) is 0.286. The number of ether oxygens (including phenoxy) is 1. The minimum Gasteiger partial charge on any atom is -0.496 e. The van der Waals surface area contributed by atoms with Crippen molar-refractivity contribution >= 4 is 12.2 Å². The molecule has 0 aliphatic rings. The average Bonchev–Trinajstić information content (AvgIpc) is 2.34. The molecule has 0 bridgehead atoms. The van der Waals surface area contributed by atoms with E-state index in [1.54, 1.807) is 7.11 Å². The van der Waals surface area contributed by atoms with Crippen LogP contribution in [0.5, 0.6) is 5.75 Å². The van der Waals surface area contributed by atoms with E-state index in [0.29, 0.717) is 4.64 Å². The van der Waals surface area contributed by atoms with Gasteiger partial charge >= 0.3 is 0 Å². The largest absolute Gasteiger partial charge is 0.496 e. The Morgan fingerprint density at radius 1 is 1.22 bits per heavy atom. The summed E-state index contributed by atoms with van der Waals surface area (Å²) in [5.41, 5.74) is 4.80. The van der Waals surface area contributed by atoms with Gasteiger partial charge in [0.15, 0.2) is 0 Å². The highest BCUT2D eigenvalue weighted by Crippen LogP contribution is 2.30. The second-order valence-electron chi connectivity index (χ2n) is 4.33. The van der Waals surface area contributed by atoms with E-state index in [2.05, 4.69) is 9.97 Å². The fourth-order valence-electron chi connectivity index (χ4n) is 1.81. The van der Waals surface area contributed by atoms with E-state index < -0.39 is 0 Å². The van der Waals surface area contributed by atoms with E-state index in [1.807, 2.05) is 39.0 Å². The summed E-state index contributed by atoms with van der Waals surface area (Å²) in [6, 6.07) is 5.99. The van der Waals surface area contributed by atoms with Crippen LogP contribution in [0, 0.1) is 25.4 Å². The number of benzene rings is 1. The molecular weight excluding hydrogens is 244 g/mol. The number of rotatable bonds is 2. The van der Waals surface area contributed by atoms with Gasteiger partial charge in [-0.2, -0.15) is 0 Å². The SMILES string of the molecule is COc1ccc(C)cc1-c1nc(C)c(C)[nH]c1=S. The first kappa shape index (κ1) is 12.8.